The summed E-state index contributed by atoms with van der Waals surface area (Å²) in [5.41, 5.74) is 0.793. The summed E-state index contributed by atoms with van der Waals surface area (Å²) in [6.07, 6.45) is 4.90. The minimum atomic E-state index is -3.93. The topological polar surface area (TPSA) is 105 Å². The van der Waals surface area contributed by atoms with Crippen LogP contribution in [0.4, 0.5) is 5.69 Å². The number of carbonyl (C=O) groups is 2. The first kappa shape index (κ1) is 28.6. The van der Waals surface area contributed by atoms with Gasteiger partial charge in [-0.05, 0) is 43.5 Å². The van der Waals surface area contributed by atoms with E-state index in [1.165, 1.54) is 25.2 Å². The Morgan fingerprint density at radius 1 is 1.11 bits per heavy atom. The molecule has 37 heavy (non-hydrogen) atoms. The van der Waals surface area contributed by atoms with Gasteiger partial charge in [-0.3, -0.25) is 13.9 Å². The Morgan fingerprint density at radius 3 is 2.38 bits per heavy atom. The number of rotatable bonds is 11. The molecule has 0 heterocycles. The number of nitrogens with one attached hydrogen (secondary N) is 1. The number of anilines is 1. The van der Waals surface area contributed by atoms with Crippen molar-refractivity contribution in [3.63, 3.8) is 0 Å². The highest BCUT2D eigenvalue weighted by atomic mass is 35.5. The van der Waals surface area contributed by atoms with Gasteiger partial charge in [-0.1, -0.05) is 42.6 Å². The fraction of sp³-hybridized carbons (Fsp3) is 0.462. The van der Waals surface area contributed by atoms with Gasteiger partial charge in [0.15, 0.2) is 0 Å². The van der Waals surface area contributed by atoms with Gasteiger partial charge < -0.3 is 19.7 Å². The molecule has 0 unspecified atom stereocenters. The average molecular weight is 552 g/mol. The van der Waals surface area contributed by atoms with E-state index in [1.54, 1.807) is 43.3 Å². The number of ether oxygens (including phenoxy) is 2. The van der Waals surface area contributed by atoms with E-state index in [0.29, 0.717) is 16.3 Å². The summed E-state index contributed by atoms with van der Waals surface area (Å²) in [5, 5.41) is 3.47. The third-order valence-corrected chi connectivity index (χ3v) is 8.00. The molecule has 0 spiro atoms. The van der Waals surface area contributed by atoms with Crippen molar-refractivity contribution >= 4 is 39.1 Å². The molecule has 3 rings (SSSR count). The number of halogens is 1. The lowest BCUT2D eigenvalue weighted by molar-refractivity contribution is -0.139. The first-order chi connectivity index (χ1) is 17.5. The van der Waals surface area contributed by atoms with Gasteiger partial charge in [0, 0.05) is 23.7 Å². The third-order valence-electron chi connectivity index (χ3n) is 6.50. The van der Waals surface area contributed by atoms with Crippen molar-refractivity contribution in [2.75, 3.05) is 31.3 Å². The average Bonchev–Trinajstić information content (AvgIpc) is 3.38. The smallest absolute Gasteiger partial charge is 0.244 e. The molecule has 1 aliphatic carbocycles. The molecule has 1 saturated carbocycles. The predicted molar refractivity (Wildman–Crippen MR) is 144 cm³/mol. The van der Waals surface area contributed by atoms with Crippen molar-refractivity contribution in [2.45, 2.75) is 51.2 Å². The molecule has 1 aliphatic rings. The van der Waals surface area contributed by atoms with Crippen LogP contribution in [-0.2, 0) is 26.2 Å². The highest BCUT2D eigenvalue weighted by molar-refractivity contribution is 7.92. The van der Waals surface area contributed by atoms with Crippen LogP contribution in [0.15, 0.2) is 42.5 Å². The number of amides is 2. The van der Waals surface area contributed by atoms with Crippen LogP contribution in [0.25, 0.3) is 0 Å². The van der Waals surface area contributed by atoms with Crippen LogP contribution in [0.3, 0.4) is 0 Å². The fourth-order valence-electron chi connectivity index (χ4n) is 4.37. The van der Waals surface area contributed by atoms with Crippen LogP contribution >= 0.6 is 11.6 Å². The van der Waals surface area contributed by atoms with Gasteiger partial charge in [0.2, 0.25) is 21.8 Å². The van der Waals surface area contributed by atoms with E-state index in [1.807, 2.05) is 0 Å². The molecular weight excluding hydrogens is 518 g/mol. The monoisotopic (exact) mass is 551 g/mol. The van der Waals surface area contributed by atoms with E-state index in [4.69, 9.17) is 21.1 Å². The molecule has 0 radical (unpaired) electrons. The minimum Gasteiger partial charge on any atom is -0.497 e. The largest absolute Gasteiger partial charge is 0.497 e. The first-order valence-corrected chi connectivity index (χ1v) is 14.3. The van der Waals surface area contributed by atoms with Gasteiger partial charge in [0.1, 0.15) is 24.1 Å². The second-order valence-corrected chi connectivity index (χ2v) is 11.4. The third kappa shape index (κ3) is 7.29. The fourth-order valence-corrected chi connectivity index (χ4v) is 5.41. The standard InChI is InChI=1S/C26H34ClN3O6S/c1-18(26(32)28-20-10-6-7-11-20)29(16-19-9-5-8-12-22(19)27)25(31)17-30(37(4,33)34)23-15-21(35-2)13-14-24(23)36-3/h5,8-9,12-15,18,20H,6-7,10-11,16-17H2,1-4H3,(H,28,32)/t18-/m0/s1. The lowest BCUT2D eigenvalue weighted by atomic mass is 10.1. The van der Waals surface area contributed by atoms with Crippen molar-refractivity contribution in [2.24, 2.45) is 0 Å². The van der Waals surface area contributed by atoms with Crippen LogP contribution in [-0.4, -0.2) is 64.2 Å². The molecule has 11 heteroatoms. The molecule has 2 aromatic rings. The van der Waals surface area contributed by atoms with Crippen LogP contribution in [0.5, 0.6) is 11.5 Å². The van der Waals surface area contributed by atoms with E-state index in [0.717, 1.165) is 36.2 Å². The van der Waals surface area contributed by atoms with Crippen molar-refractivity contribution in [1.82, 2.24) is 10.2 Å². The lowest BCUT2D eigenvalue weighted by Crippen LogP contribution is -2.52. The lowest BCUT2D eigenvalue weighted by Gasteiger charge is -2.32. The number of hydrogen-bond donors (Lipinski definition) is 1. The molecular formula is C26H34ClN3O6S. The van der Waals surface area contributed by atoms with E-state index in [2.05, 4.69) is 5.32 Å². The summed E-state index contributed by atoms with van der Waals surface area (Å²) in [4.78, 5) is 28.3. The molecule has 1 fully saturated rings. The van der Waals surface area contributed by atoms with Gasteiger partial charge in [-0.15, -0.1) is 0 Å². The van der Waals surface area contributed by atoms with Gasteiger partial charge in [0.05, 0.1) is 26.2 Å². The van der Waals surface area contributed by atoms with E-state index >= 15 is 0 Å². The summed E-state index contributed by atoms with van der Waals surface area (Å²) in [6.45, 7) is 1.12. The van der Waals surface area contributed by atoms with Gasteiger partial charge >= 0.3 is 0 Å². The zero-order valence-corrected chi connectivity index (χ0v) is 23.1. The molecule has 0 aromatic heterocycles. The molecule has 2 amide bonds. The van der Waals surface area contributed by atoms with Crippen molar-refractivity contribution < 1.29 is 27.5 Å². The second kappa shape index (κ2) is 12.5. The van der Waals surface area contributed by atoms with Crippen LogP contribution < -0.4 is 19.1 Å². The van der Waals surface area contributed by atoms with Crippen molar-refractivity contribution in [3.05, 3.63) is 53.1 Å². The molecule has 1 atom stereocenters. The normalized spacial score (nSPS) is 14.6. The second-order valence-electron chi connectivity index (χ2n) is 9.09. The predicted octanol–water partition coefficient (Wildman–Crippen LogP) is 3.60. The Balaban J connectivity index is 1.95. The summed E-state index contributed by atoms with van der Waals surface area (Å²) in [7, 11) is -1.06. The van der Waals surface area contributed by atoms with Gasteiger partial charge in [0.25, 0.3) is 0 Å². The maximum Gasteiger partial charge on any atom is 0.244 e. The van der Waals surface area contributed by atoms with Crippen LogP contribution in [0.2, 0.25) is 5.02 Å². The zero-order chi connectivity index (χ0) is 27.2. The molecule has 0 aliphatic heterocycles. The maximum atomic E-state index is 13.8. The Hall–Kier alpha value is -2.98. The van der Waals surface area contributed by atoms with E-state index in [9.17, 15) is 18.0 Å². The minimum absolute atomic E-state index is 0.0323. The van der Waals surface area contributed by atoms with Gasteiger partial charge in [-0.2, -0.15) is 0 Å². The molecule has 2 aromatic carbocycles. The SMILES string of the molecule is COc1ccc(OC)c(N(CC(=O)N(Cc2ccccc2Cl)[C@@H](C)C(=O)NC2CCCC2)S(C)(=O)=O)c1. The Morgan fingerprint density at radius 2 is 1.78 bits per heavy atom. The summed E-state index contributed by atoms with van der Waals surface area (Å²) >= 11 is 6.37. The molecule has 0 saturated heterocycles. The quantitative estimate of drug-likeness (QED) is 0.457. The van der Waals surface area contributed by atoms with Crippen molar-refractivity contribution in [1.29, 1.82) is 0 Å². The van der Waals surface area contributed by atoms with Crippen LogP contribution in [0, 0.1) is 0 Å². The van der Waals surface area contributed by atoms with Gasteiger partial charge in [-0.25, -0.2) is 8.42 Å². The maximum absolute atomic E-state index is 13.8. The summed E-state index contributed by atoms with van der Waals surface area (Å²) in [6, 6.07) is 10.9. The van der Waals surface area contributed by atoms with E-state index in [-0.39, 0.29) is 29.9 Å². The highest BCUT2D eigenvalue weighted by Gasteiger charge is 2.32. The number of sulfonamides is 1. The zero-order valence-electron chi connectivity index (χ0n) is 21.6. The first-order valence-electron chi connectivity index (χ1n) is 12.1. The van der Waals surface area contributed by atoms with E-state index < -0.39 is 28.5 Å². The summed E-state index contributed by atoms with van der Waals surface area (Å²) in [5.74, 6) is -0.209. The molecule has 202 valence electrons. The van der Waals surface area contributed by atoms with Crippen molar-refractivity contribution in [3.8, 4) is 11.5 Å². The Labute approximate surface area is 223 Å². The summed E-state index contributed by atoms with van der Waals surface area (Å²) < 4.78 is 37.3. The number of nitrogens with zero attached hydrogens (tertiary/aromatic N) is 2. The number of methoxy groups -OCH3 is 2. The Kier molecular flexibility index (Phi) is 9.67. The highest BCUT2D eigenvalue weighted by Crippen LogP contribution is 2.34. The number of carbonyl (C=O) groups excluding carboxylic acids is 2. The molecule has 1 N–H and O–H groups in total. The number of benzene rings is 2. The molecule has 9 nitrogen and oxygen atoms in total. The Bertz CT molecular complexity index is 1220. The number of hydrogen-bond acceptors (Lipinski definition) is 6. The van der Waals surface area contributed by atoms with Crippen LogP contribution in [0.1, 0.15) is 38.2 Å². The molecule has 0 bridgehead atoms.